The number of imide groups is 1. The fourth-order valence-corrected chi connectivity index (χ4v) is 3.44. The Bertz CT molecular complexity index is 1260. The van der Waals surface area contributed by atoms with E-state index in [9.17, 15) is 24.5 Å². The molecule has 1 aliphatic heterocycles. The second-order valence-electron chi connectivity index (χ2n) is 6.65. The molecule has 31 heavy (non-hydrogen) atoms. The Morgan fingerprint density at radius 2 is 1.71 bits per heavy atom. The predicted octanol–water partition coefficient (Wildman–Crippen LogP) is 4.41. The van der Waals surface area contributed by atoms with E-state index >= 15 is 0 Å². The monoisotopic (exact) mass is 436 g/mol. The molecule has 0 saturated carbocycles. The highest BCUT2D eigenvalue weighted by Crippen LogP contribution is 2.30. The molecule has 4 rings (SSSR count). The van der Waals surface area contributed by atoms with E-state index in [4.69, 9.17) is 16.3 Å². The molecule has 0 aromatic heterocycles. The smallest absolute Gasteiger partial charge is 0.338 e. The minimum absolute atomic E-state index is 0.0476. The van der Waals surface area contributed by atoms with Crippen LogP contribution in [0.5, 0.6) is 0 Å². The molecule has 0 aliphatic carbocycles. The number of nitro groups is 1. The van der Waals surface area contributed by atoms with Gasteiger partial charge in [0.25, 0.3) is 17.5 Å². The number of nitro benzene ring substituents is 1. The van der Waals surface area contributed by atoms with Gasteiger partial charge in [-0.15, -0.1) is 0 Å². The number of rotatable bonds is 5. The summed E-state index contributed by atoms with van der Waals surface area (Å²) < 4.78 is 5.18. The highest BCUT2D eigenvalue weighted by atomic mass is 35.5. The summed E-state index contributed by atoms with van der Waals surface area (Å²) in [6.45, 7) is -0.311. The van der Waals surface area contributed by atoms with Gasteiger partial charge in [0.1, 0.15) is 6.61 Å². The first-order valence-corrected chi connectivity index (χ1v) is 9.42. The normalized spacial score (nSPS) is 12.6. The molecule has 9 heteroatoms. The van der Waals surface area contributed by atoms with Crippen LogP contribution in [0.3, 0.4) is 0 Å². The number of ether oxygens (including phenoxy) is 1. The molecule has 8 nitrogen and oxygen atoms in total. The van der Waals surface area contributed by atoms with Gasteiger partial charge in [0.05, 0.1) is 32.9 Å². The minimum Gasteiger partial charge on any atom is -0.457 e. The topological polar surface area (TPSA) is 107 Å². The fraction of sp³-hybridized carbons (Fsp3) is 0.0455. The van der Waals surface area contributed by atoms with Gasteiger partial charge < -0.3 is 4.74 Å². The summed E-state index contributed by atoms with van der Waals surface area (Å²) in [5.41, 5.74) is 0.651. The van der Waals surface area contributed by atoms with Gasteiger partial charge in [-0.05, 0) is 42.5 Å². The van der Waals surface area contributed by atoms with Gasteiger partial charge >= 0.3 is 5.97 Å². The molecule has 0 bridgehead atoms. The zero-order valence-electron chi connectivity index (χ0n) is 15.8. The van der Waals surface area contributed by atoms with Gasteiger partial charge in [-0.25, -0.2) is 9.69 Å². The number of halogens is 1. The Morgan fingerprint density at radius 3 is 2.45 bits per heavy atom. The molecule has 1 aliphatic rings. The Kier molecular flexibility index (Phi) is 5.22. The molecule has 1 heterocycles. The van der Waals surface area contributed by atoms with E-state index in [1.165, 1.54) is 42.5 Å². The van der Waals surface area contributed by atoms with Crippen LogP contribution in [-0.2, 0) is 11.3 Å². The molecule has 0 unspecified atom stereocenters. The van der Waals surface area contributed by atoms with Crippen molar-refractivity contribution in [3.8, 4) is 0 Å². The standard InChI is InChI=1S/C22H13ClN2O6/c23-15-5-3-6-16(11-15)24-20(26)17-9-8-13(10-18(17)21(24)27)22(28)31-12-14-4-1-2-7-19(14)25(29)30/h1-11H,12H2. The molecule has 154 valence electrons. The van der Waals surface area contributed by atoms with E-state index in [1.54, 1.807) is 24.3 Å². The third-order valence-electron chi connectivity index (χ3n) is 4.74. The van der Waals surface area contributed by atoms with E-state index in [-0.39, 0.29) is 34.5 Å². The third-order valence-corrected chi connectivity index (χ3v) is 4.97. The lowest BCUT2D eigenvalue weighted by Crippen LogP contribution is -2.29. The van der Waals surface area contributed by atoms with Crippen LogP contribution in [0.2, 0.25) is 5.02 Å². The van der Waals surface area contributed by atoms with Crippen LogP contribution < -0.4 is 4.90 Å². The van der Waals surface area contributed by atoms with Crippen molar-refractivity contribution in [2.45, 2.75) is 6.61 Å². The van der Waals surface area contributed by atoms with Crippen molar-refractivity contribution in [3.05, 3.63) is 104 Å². The maximum absolute atomic E-state index is 12.8. The molecule has 3 aromatic carbocycles. The average molecular weight is 437 g/mol. The molecule has 3 aromatic rings. The molecule has 0 saturated heterocycles. The molecule has 0 fully saturated rings. The van der Waals surface area contributed by atoms with Gasteiger partial charge in [0, 0.05) is 11.1 Å². The molecular formula is C22H13ClN2O6. The van der Waals surface area contributed by atoms with Gasteiger partial charge in [0.15, 0.2) is 0 Å². The third kappa shape index (κ3) is 3.76. The van der Waals surface area contributed by atoms with Crippen LogP contribution in [0.15, 0.2) is 66.7 Å². The molecule has 0 atom stereocenters. The highest BCUT2D eigenvalue weighted by Gasteiger charge is 2.37. The number of hydrogen-bond donors (Lipinski definition) is 0. The van der Waals surface area contributed by atoms with Crippen molar-refractivity contribution in [3.63, 3.8) is 0 Å². The largest absolute Gasteiger partial charge is 0.457 e. The lowest BCUT2D eigenvalue weighted by Gasteiger charge is -2.13. The van der Waals surface area contributed by atoms with Gasteiger partial charge in [-0.3, -0.25) is 19.7 Å². The van der Waals surface area contributed by atoms with E-state index < -0.39 is 22.7 Å². The average Bonchev–Trinajstić information content (AvgIpc) is 3.01. The lowest BCUT2D eigenvalue weighted by molar-refractivity contribution is -0.385. The van der Waals surface area contributed by atoms with Crippen LogP contribution in [0.25, 0.3) is 0 Å². The van der Waals surface area contributed by atoms with Crippen molar-refractivity contribution >= 4 is 40.8 Å². The summed E-state index contributed by atoms with van der Waals surface area (Å²) in [4.78, 5) is 49.5. The van der Waals surface area contributed by atoms with E-state index in [2.05, 4.69) is 0 Å². The Balaban J connectivity index is 1.56. The van der Waals surface area contributed by atoms with Gasteiger partial charge in [-0.2, -0.15) is 0 Å². The molecular weight excluding hydrogens is 424 g/mol. The Labute approximate surface area is 180 Å². The highest BCUT2D eigenvalue weighted by molar-refractivity contribution is 6.35. The number of anilines is 1. The summed E-state index contributed by atoms with van der Waals surface area (Å²) in [5.74, 6) is -1.89. The van der Waals surface area contributed by atoms with Gasteiger partial charge in [0.2, 0.25) is 0 Å². The Morgan fingerprint density at radius 1 is 0.968 bits per heavy atom. The number of para-hydroxylation sites is 1. The molecule has 0 N–H and O–H groups in total. The summed E-state index contributed by atoms with van der Waals surface area (Å²) in [5, 5.41) is 11.5. The second kappa shape index (κ2) is 8.00. The van der Waals surface area contributed by atoms with Crippen LogP contribution in [0, 0.1) is 10.1 Å². The van der Waals surface area contributed by atoms with Crippen molar-refractivity contribution in [1.82, 2.24) is 0 Å². The Hall–Kier alpha value is -4.04. The van der Waals surface area contributed by atoms with Crippen molar-refractivity contribution < 1.29 is 24.0 Å². The maximum Gasteiger partial charge on any atom is 0.338 e. The maximum atomic E-state index is 12.8. The lowest BCUT2D eigenvalue weighted by atomic mass is 10.1. The number of carbonyl (C=O) groups is 3. The van der Waals surface area contributed by atoms with Crippen molar-refractivity contribution in [2.75, 3.05) is 4.90 Å². The number of amides is 2. The first-order chi connectivity index (χ1) is 14.9. The molecule has 0 radical (unpaired) electrons. The summed E-state index contributed by atoms with van der Waals surface area (Å²) >= 11 is 5.96. The van der Waals surface area contributed by atoms with Crippen molar-refractivity contribution in [2.24, 2.45) is 0 Å². The van der Waals surface area contributed by atoms with E-state index in [0.29, 0.717) is 10.7 Å². The van der Waals surface area contributed by atoms with Crippen molar-refractivity contribution in [1.29, 1.82) is 0 Å². The summed E-state index contributed by atoms with van der Waals surface area (Å²) in [6, 6.07) is 16.2. The van der Waals surface area contributed by atoms with Crippen LogP contribution in [0.1, 0.15) is 36.6 Å². The number of nitrogens with zero attached hydrogens (tertiary/aromatic N) is 2. The molecule has 0 spiro atoms. The summed E-state index contributed by atoms with van der Waals surface area (Å²) in [7, 11) is 0. The second-order valence-corrected chi connectivity index (χ2v) is 7.08. The zero-order chi connectivity index (χ0) is 22.1. The fourth-order valence-electron chi connectivity index (χ4n) is 3.26. The quantitative estimate of drug-likeness (QED) is 0.254. The first kappa shape index (κ1) is 20.2. The van der Waals surface area contributed by atoms with Crippen LogP contribution in [-0.4, -0.2) is 22.7 Å². The van der Waals surface area contributed by atoms with E-state index in [1.807, 2.05) is 0 Å². The number of esters is 1. The number of benzene rings is 3. The SMILES string of the molecule is O=C(OCc1ccccc1[N+](=O)[O-])c1ccc2c(c1)C(=O)N(c1cccc(Cl)c1)C2=O. The zero-order valence-corrected chi connectivity index (χ0v) is 16.5. The first-order valence-electron chi connectivity index (χ1n) is 9.04. The minimum atomic E-state index is -0.776. The summed E-state index contributed by atoms with van der Waals surface area (Å²) in [6.07, 6.45) is 0. The number of hydrogen-bond acceptors (Lipinski definition) is 6. The van der Waals surface area contributed by atoms with Crippen LogP contribution in [0.4, 0.5) is 11.4 Å². The van der Waals surface area contributed by atoms with E-state index in [0.717, 1.165) is 4.90 Å². The van der Waals surface area contributed by atoms with Gasteiger partial charge in [-0.1, -0.05) is 29.8 Å². The number of fused-ring (bicyclic) bond motifs is 1. The number of carbonyl (C=O) groups excluding carboxylic acids is 3. The van der Waals surface area contributed by atoms with Crippen LogP contribution >= 0.6 is 11.6 Å². The molecule has 2 amide bonds. The predicted molar refractivity (Wildman–Crippen MR) is 111 cm³/mol.